The molecule has 0 unspecified atom stereocenters. The molecule has 4 atom stereocenters. The Labute approximate surface area is 286 Å². The number of ether oxygens (including phenoxy) is 2. The summed E-state index contributed by atoms with van der Waals surface area (Å²) < 4.78 is 69.9. The lowest BCUT2D eigenvalue weighted by Crippen LogP contribution is -2.54. The van der Waals surface area contributed by atoms with Crippen LogP contribution in [-0.2, 0) is 39.1 Å². The number of amides is 2. The van der Waals surface area contributed by atoms with Gasteiger partial charge in [0, 0.05) is 26.2 Å². The van der Waals surface area contributed by atoms with Gasteiger partial charge in [0.25, 0.3) is 0 Å². The van der Waals surface area contributed by atoms with Crippen molar-refractivity contribution in [2.24, 2.45) is 11.8 Å². The summed E-state index contributed by atoms with van der Waals surface area (Å²) in [5.74, 6) is -1.28. The molecular weight excluding hydrogens is 657 g/mol. The second kappa shape index (κ2) is 18.2. The van der Waals surface area contributed by atoms with Crippen molar-refractivity contribution in [1.82, 2.24) is 19.2 Å². The summed E-state index contributed by atoms with van der Waals surface area (Å²) in [6.07, 6.45) is 1.16. The summed E-state index contributed by atoms with van der Waals surface area (Å²) >= 11 is 0. The van der Waals surface area contributed by atoms with Gasteiger partial charge >= 0.3 is 0 Å². The molecule has 2 amide bonds. The van der Waals surface area contributed by atoms with Crippen molar-refractivity contribution in [3.8, 4) is 0 Å². The van der Waals surface area contributed by atoms with Gasteiger partial charge in [-0.1, -0.05) is 75.9 Å². The molecule has 14 heteroatoms. The van der Waals surface area contributed by atoms with Crippen LogP contribution in [0.15, 0.2) is 58.3 Å². The van der Waals surface area contributed by atoms with E-state index in [1.54, 1.807) is 34.1 Å². The highest BCUT2D eigenvalue weighted by Gasteiger charge is 2.34. The molecule has 48 heavy (non-hydrogen) atoms. The summed E-state index contributed by atoms with van der Waals surface area (Å²) in [6.45, 7) is 12.6. The molecule has 0 spiro atoms. The molecule has 0 saturated carbocycles. The maximum absolute atomic E-state index is 13.8. The number of carbonyl (C=O) groups is 2. The Kier molecular flexibility index (Phi) is 15.0. The van der Waals surface area contributed by atoms with Gasteiger partial charge < -0.3 is 19.3 Å². The van der Waals surface area contributed by atoms with E-state index in [1.807, 2.05) is 41.5 Å². The highest BCUT2D eigenvalue weighted by atomic mass is 32.2. The van der Waals surface area contributed by atoms with Crippen LogP contribution in [0.5, 0.6) is 0 Å². The average molecular weight is 709 g/mol. The summed E-state index contributed by atoms with van der Waals surface area (Å²) in [6, 6.07) is 11.0. The molecule has 2 aromatic rings. The molecule has 1 aliphatic heterocycles. The van der Waals surface area contributed by atoms with Crippen LogP contribution < -0.4 is 9.44 Å². The van der Waals surface area contributed by atoms with E-state index in [-0.39, 0.29) is 86.0 Å². The zero-order chi connectivity index (χ0) is 35.5. The second-order valence-electron chi connectivity index (χ2n) is 12.5. The van der Waals surface area contributed by atoms with Gasteiger partial charge in [0.15, 0.2) is 0 Å². The quantitative estimate of drug-likeness (QED) is 0.342. The van der Waals surface area contributed by atoms with E-state index in [1.165, 1.54) is 24.3 Å². The van der Waals surface area contributed by atoms with Crippen LogP contribution in [0.2, 0.25) is 0 Å². The van der Waals surface area contributed by atoms with Crippen molar-refractivity contribution in [3.63, 3.8) is 0 Å². The molecule has 12 nitrogen and oxygen atoms in total. The van der Waals surface area contributed by atoms with Crippen LogP contribution in [0.1, 0.15) is 51.7 Å². The van der Waals surface area contributed by atoms with Crippen LogP contribution in [0.4, 0.5) is 0 Å². The Balaban J connectivity index is 1.68. The fraction of sp³-hybridized carbons (Fsp3) is 0.588. The highest BCUT2D eigenvalue weighted by Crippen LogP contribution is 2.19. The highest BCUT2D eigenvalue weighted by molar-refractivity contribution is 7.89. The maximum atomic E-state index is 13.8. The molecule has 0 radical (unpaired) electrons. The van der Waals surface area contributed by atoms with Gasteiger partial charge in [0.05, 0.1) is 36.2 Å². The Morgan fingerprint density at radius 3 is 1.19 bits per heavy atom. The van der Waals surface area contributed by atoms with Crippen LogP contribution in [0.3, 0.4) is 0 Å². The van der Waals surface area contributed by atoms with Gasteiger partial charge in [-0.3, -0.25) is 9.59 Å². The third-order valence-electron chi connectivity index (χ3n) is 8.83. The number of benzene rings is 2. The number of aryl methyl sites for hydroxylation is 2. The minimum Gasteiger partial charge on any atom is -0.378 e. The topological polar surface area (TPSA) is 151 Å². The Morgan fingerprint density at radius 1 is 0.625 bits per heavy atom. The predicted octanol–water partition coefficient (Wildman–Crippen LogP) is 3.09. The molecule has 2 aromatic carbocycles. The molecule has 2 N–H and O–H groups in total. The van der Waals surface area contributed by atoms with Crippen molar-refractivity contribution < 1.29 is 35.9 Å². The smallest absolute Gasteiger partial charge is 0.241 e. The number of carbonyl (C=O) groups excluding carboxylic acids is 2. The van der Waals surface area contributed by atoms with E-state index < -0.39 is 32.1 Å². The van der Waals surface area contributed by atoms with E-state index >= 15 is 0 Å². The Morgan fingerprint density at radius 2 is 0.917 bits per heavy atom. The zero-order valence-corrected chi connectivity index (χ0v) is 30.6. The molecule has 268 valence electrons. The second-order valence-corrected chi connectivity index (χ2v) is 15.9. The molecule has 1 saturated heterocycles. The van der Waals surface area contributed by atoms with E-state index in [2.05, 4.69) is 9.44 Å². The van der Waals surface area contributed by atoms with Gasteiger partial charge in [0.2, 0.25) is 31.9 Å². The minimum absolute atomic E-state index is 0.0900. The summed E-state index contributed by atoms with van der Waals surface area (Å²) in [7, 11) is -7.91. The minimum atomic E-state index is -3.95. The fourth-order valence-electron chi connectivity index (χ4n) is 5.16. The number of nitrogens with zero attached hydrogens (tertiary/aromatic N) is 2. The number of hydrogen-bond acceptors (Lipinski definition) is 8. The predicted molar refractivity (Wildman–Crippen MR) is 184 cm³/mol. The van der Waals surface area contributed by atoms with Gasteiger partial charge in [-0.05, 0) is 49.9 Å². The van der Waals surface area contributed by atoms with Gasteiger partial charge in [-0.15, -0.1) is 0 Å². The Hall–Kier alpha value is -2.88. The van der Waals surface area contributed by atoms with E-state index in [4.69, 9.17) is 9.47 Å². The Bertz CT molecular complexity index is 1420. The number of hydrogen-bond donors (Lipinski definition) is 2. The van der Waals surface area contributed by atoms with Crippen LogP contribution >= 0.6 is 0 Å². The number of sulfonamides is 2. The molecule has 1 aliphatic rings. The van der Waals surface area contributed by atoms with Crippen molar-refractivity contribution in [1.29, 1.82) is 0 Å². The number of rotatable bonds is 12. The normalized spacial score (nSPS) is 18.2. The molecule has 1 fully saturated rings. The monoisotopic (exact) mass is 708 g/mol. The molecule has 0 bridgehead atoms. The molecule has 3 rings (SSSR count). The van der Waals surface area contributed by atoms with Crippen molar-refractivity contribution >= 4 is 31.9 Å². The first-order valence-corrected chi connectivity index (χ1v) is 19.6. The molecule has 1 heterocycles. The first kappa shape index (κ1) is 39.6. The lowest BCUT2D eigenvalue weighted by molar-refractivity contribution is -0.137. The fourth-order valence-corrected chi connectivity index (χ4v) is 7.75. The van der Waals surface area contributed by atoms with Crippen molar-refractivity contribution in [2.45, 2.75) is 76.3 Å². The largest absolute Gasteiger partial charge is 0.378 e. The SMILES string of the molecule is CC[C@H](C)[C@H](NS(=O)(=O)c1ccc(C)cc1)C(=O)N1CCOCCN(C(=O)[C@@H](NS(=O)(=O)c2ccc(C)cc2)[C@@H](C)CC)CCOCC1. The van der Waals surface area contributed by atoms with Crippen LogP contribution in [0.25, 0.3) is 0 Å². The number of nitrogens with one attached hydrogen (secondary N) is 2. The summed E-state index contributed by atoms with van der Waals surface area (Å²) in [5, 5.41) is 0. The molecule has 0 aromatic heterocycles. The lowest BCUT2D eigenvalue weighted by atomic mass is 9.99. The van der Waals surface area contributed by atoms with Gasteiger partial charge in [-0.2, -0.15) is 9.44 Å². The summed E-state index contributed by atoms with van der Waals surface area (Å²) in [5.41, 5.74) is 1.85. The van der Waals surface area contributed by atoms with Gasteiger partial charge in [-0.25, -0.2) is 16.8 Å². The molecular formula is C34H52N4O8S2. The maximum Gasteiger partial charge on any atom is 0.241 e. The third kappa shape index (κ3) is 11.1. The van der Waals surface area contributed by atoms with E-state index in [0.29, 0.717) is 12.8 Å². The molecule has 0 aliphatic carbocycles. The first-order chi connectivity index (χ1) is 22.7. The lowest BCUT2D eigenvalue weighted by Gasteiger charge is -2.32. The first-order valence-electron chi connectivity index (χ1n) is 16.6. The van der Waals surface area contributed by atoms with E-state index in [0.717, 1.165) is 11.1 Å². The standard InChI is InChI=1S/C34H52N4O8S2/c1-7-27(5)31(35-47(41,42)29-13-9-25(3)10-14-29)33(39)37-17-21-45-23-19-38(20-24-46-22-18-37)34(40)32(28(6)8-2)36-48(43,44)30-15-11-26(4)12-16-30/h9-16,27-28,31-32,35-36H,7-8,17-24H2,1-6H3/t27-,28-,31-,32-/m0/s1. The summed E-state index contributed by atoms with van der Waals surface area (Å²) in [4.78, 5) is 30.9. The van der Waals surface area contributed by atoms with Crippen molar-refractivity contribution in [3.05, 3.63) is 59.7 Å². The zero-order valence-electron chi connectivity index (χ0n) is 29.0. The van der Waals surface area contributed by atoms with E-state index in [9.17, 15) is 26.4 Å². The third-order valence-corrected chi connectivity index (χ3v) is 11.7. The van der Waals surface area contributed by atoms with Gasteiger partial charge in [0.1, 0.15) is 12.1 Å². The average Bonchev–Trinajstić information content (AvgIpc) is 3.05. The van der Waals surface area contributed by atoms with Crippen molar-refractivity contribution in [2.75, 3.05) is 52.6 Å². The van der Waals surface area contributed by atoms with Crippen LogP contribution in [0, 0.1) is 25.7 Å². The van der Waals surface area contributed by atoms with Crippen LogP contribution in [-0.4, -0.2) is 103 Å².